The number of ether oxygens (including phenoxy) is 2. The van der Waals surface area contributed by atoms with Crippen molar-refractivity contribution >= 4 is 11.6 Å². The van der Waals surface area contributed by atoms with Crippen molar-refractivity contribution in [3.8, 4) is 5.75 Å². The first kappa shape index (κ1) is 13.7. The van der Waals surface area contributed by atoms with Crippen LogP contribution in [0.1, 0.15) is 18.4 Å². The highest BCUT2D eigenvalue weighted by molar-refractivity contribution is 6.30. The Morgan fingerprint density at radius 2 is 2.17 bits per heavy atom. The molecule has 18 heavy (non-hydrogen) atoms. The van der Waals surface area contributed by atoms with Crippen molar-refractivity contribution in [2.75, 3.05) is 20.2 Å². The van der Waals surface area contributed by atoms with E-state index in [-0.39, 0.29) is 6.10 Å². The highest BCUT2D eigenvalue weighted by Gasteiger charge is 2.25. The zero-order chi connectivity index (χ0) is 13.0. The first-order valence-electron chi connectivity index (χ1n) is 6.38. The Morgan fingerprint density at radius 1 is 1.39 bits per heavy atom. The third-order valence-corrected chi connectivity index (χ3v) is 3.44. The summed E-state index contributed by atoms with van der Waals surface area (Å²) in [5.41, 5.74) is 1.10. The molecular weight excluding hydrogens is 250 g/mol. The van der Waals surface area contributed by atoms with Crippen LogP contribution in [0.5, 0.6) is 5.75 Å². The second kappa shape index (κ2) is 6.41. The second-order valence-corrected chi connectivity index (χ2v) is 5.17. The predicted molar refractivity (Wildman–Crippen MR) is 73.5 cm³/mol. The topological polar surface area (TPSA) is 30.5 Å². The molecule has 1 heterocycles. The molecule has 0 spiro atoms. The number of rotatable bonds is 5. The number of nitrogens with one attached hydrogen (secondary N) is 1. The van der Waals surface area contributed by atoms with E-state index in [1.54, 1.807) is 0 Å². The molecule has 2 unspecified atom stereocenters. The monoisotopic (exact) mass is 269 g/mol. The molecule has 1 aromatic rings. The van der Waals surface area contributed by atoms with E-state index in [2.05, 4.69) is 5.32 Å². The van der Waals surface area contributed by atoms with Crippen molar-refractivity contribution < 1.29 is 9.47 Å². The average Bonchev–Trinajstić information content (AvgIpc) is 2.79. The van der Waals surface area contributed by atoms with Crippen molar-refractivity contribution in [3.63, 3.8) is 0 Å². The maximum Gasteiger partial charge on any atom is 0.123 e. The van der Waals surface area contributed by atoms with E-state index in [0.29, 0.717) is 17.7 Å². The molecule has 0 amide bonds. The van der Waals surface area contributed by atoms with Gasteiger partial charge in [0, 0.05) is 11.6 Å². The van der Waals surface area contributed by atoms with E-state index in [9.17, 15) is 0 Å². The van der Waals surface area contributed by atoms with Gasteiger partial charge in [0.25, 0.3) is 0 Å². The minimum atomic E-state index is 0.196. The largest absolute Gasteiger partial charge is 0.491 e. The molecule has 0 radical (unpaired) electrons. The SMILES string of the molecule is CNCC1CCC(COc2cc(Cl)ccc2C)O1. The van der Waals surface area contributed by atoms with Gasteiger partial charge in [0.1, 0.15) is 12.4 Å². The summed E-state index contributed by atoms with van der Waals surface area (Å²) in [5.74, 6) is 0.850. The van der Waals surface area contributed by atoms with Crippen LogP contribution in [0.25, 0.3) is 0 Å². The van der Waals surface area contributed by atoms with Crippen molar-refractivity contribution in [2.45, 2.75) is 32.0 Å². The molecule has 2 rings (SSSR count). The normalized spacial score (nSPS) is 23.3. The molecule has 0 saturated carbocycles. The van der Waals surface area contributed by atoms with Crippen LogP contribution < -0.4 is 10.1 Å². The van der Waals surface area contributed by atoms with Crippen LogP contribution in [0.3, 0.4) is 0 Å². The maximum absolute atomic E-state index is 5.96. The van der Waals surface area contributed by atoms with Gasteiger partial charge in [-0.25, -0.2) is 0 Å². The molecule has 3 nitrogen and oxygen atoms in total. The highest BCUT2D eigenvalue weighted by atomic mass is 35.5. The Bertz CT molecular complexity index is 397. The lowest BCUT2D eigenvalue weighted by Crippen LogP contribution is -2.25. The number of hydrogen-bond donors (Lipinski definition) is 1. The van der Waals surface area contributed by atoms with Gasteiger partial charge in [-0.3, -0.25) is 0 Å². The number of halogens is 1. The summed E-state index contributed by atoms with van der Waals surface area (Å²) >= 11 is 5.96. The Morgan fingerprint density at radius 3 is 2.94 bits per heavy atom. The lowest BCUT2D eigenvalue weighted by Gasteiger charge is -2.15. The lowest BCUT2D eigenvalue weighted by molar-refractivity contribution is 0.0192. The first-order valence-corrected chi connectivity index (χ1v) is 6.76. The molecule has 0 aromatic heterocycles. The van der Waals surface area contributed by atoms with E-state index < -0.39 is 0 Å². The van der Waals surface area contributed by atoms with Gasteiger partial charge in [-0.05, 0) is 44.5 Å². The second-order valence-electron chi connectivity index (χ2n) is 4.74. The van der Waals surface area contributed by atoms with Gasteiger partial charge in [-0.2, -0.15) is 0 Å². The fraction of sp³-hybridized carbons (Fsp3) is 0.571. The number of aryl methyl sites for hydroxylation is 1. The van der Waals surface area contributed by atoms with Crippen molar-refractivity contribution in [3.05, 3.63) is 28.8 Å². The van der Waals surface area contributed by atoms with Crippen molar-refractivity contribution in [2.24, 2.45) is 0 Å². The summed E-state index contributed by atoms with van der Waals surface area (Å²) in [4.78, 5) is 0. The summed E-state index contributed by atoms with van der Waals surface area (Å²) in [6, 6.07) is 5.70. The van der Waals surface area contributed by atoms with Gasteiger partial charge in [0.2, 0.25) is 0 Å². The third kappa shape index (κ3) is 3.61. The van der Waals surface area contributed by atoms with Gasteiger partial charge >= 0.3 is 0 Å². The Kier molecular flexibility index (Phi) is 4.87. The van der Waals surface area contributed by atoms with Crippen LogP contribution in [-0.2, 0) is 4.74 Å². The molecule has 4 heteroatoms. The minimum Gasteiger partial charge on any atom is -0.491 e. The Labute approximate surface area is 113 Å². The van der Waals surface area contributed by atoms with E-state index in [1.165, 1.54) is 0 Å². The highest BCUT2D eigenvalue weighted by Crippen LogP contribution is 2.25. The summed E-state index contributed by atoms with van der Waals surface area (Å²) < 4.78 is 11.7. The zero-order valence-electron chi connectivity index (χ0n) is 10.9. The Hall–Kier alpha value is -0.770. The molecule has 1 N–H and O–H groups in total. The first-order chi connectivity index (χ1) is 8.69. The zero-order valence-corrected chi connectivity index (χ0v) is 11.7. The van der Waals surface area contributed by atoms with Crippen LogP contribution in [0, 0.1) is 6.92 Å². The molecule has 1 aromatic carbocycles. The van der Waals surface area contributed by atoms with Gasteiger partial charge in [0.15, 0.2) is 0 Å². The quantitative estimate of drug-likeness (QED) is 0.892. The van der Waals surface area contributed by atoms with Gasteiger partial charge in [0.05, 0.1) is 12.2 Å². The Balaban J connectivity index is 1.83. The van der Waals surface area contributed by atoms with Crippen LogP contribution >= 0.6 is 11.6 Å². The van der Waals surface area contributed by atoms with E-state index >= 15 is 0 Å². The summed E-state index contributed by atoms with van der Waals surface area (Å²) in [5, 5.41) is 3.84. The summed E-state index contributed by atoms with van der Waals surface area (Å²) in [6.07, 6.45) is 2.68. The smallest absolute Gasteiger partial charge is 0.123 e. The van der Waals surface area contributed by atoms with Crippen LogP contribution in [0.2, 0.25) is 5.02 Å². The molecule has 0 bridgehead atoms. The fourth-order valence-corrected chi connectivity index (χ4v) is 2.35. The number of hydrogen-bond acceptors (Lipinski definition) is 3. The number of likely N-dealkylation sites (N-methyl/N-ethyl adjacent to an activating group) is 1. The molecule has 1 saturated heterocycles. The van der Waals surface area contributed by atoms with Crippen LogP contribution in [0.4, 0.5) is 0 Å². The van der Waals surface area contributed by atoms with Gasteiger partial charge in [-0.15, -0.1) is 0 Å². The van der Waals surface area contributed by atoms with E-state index in [1.807, 2.05) is 32.2 Å². The third-order valence-electron chi connectivity index (χ3n) is 3.20. The van der Waals surface area contributed by atoms with E-state index in [0.717, 1.165) is 30.7 Å². The number of benzene rings is 1. The summed E-state index contributed by atoms with van der Waals surface area (Å²) in [6.45, 7) is 3.53. The molecule has 1 aliphatic heterocycles. The van der Waals surface area contributed by atoms with Crippen molar-refractivity contribution in [1.82, 2.24) is 5.32 Å². The fourth-order valence-electron chi connectivity index (χ4n) is 2.19. The minimum absolute atomic E-state index is 0.196. The van der Waals surface area contributed by atoms with Gasteiger partial charge in [-0.1, -0.05) is 17.7 Å². The predicted octanol–water partition coefficient (Wildman–Crippen LogP) is 2.79. The molecule has 1 aliphatic rings. The molecule has 1 fully saturated rings. The van der Waals surface area contributed by atoms with Crippen LogP contribution in [0.15, 0.2) is 18.2 Å². The molecule has 2 atom stereocenters. The standard InChI is InChI=1S/C14H20ClNO2/c1-10-3-4-11(15)7-14(10)17-9-13-6-5-12(18-13)8-16-2/h3-4,7,12-13,16H,5-6,8-9H2,1-2H3. The molecular formula is C14H20ClNO2. The molecule has 0 aliphatic carbocycles. The van der Waals surface area contributed by atoms with Crippen LogP contribution in [-0.4, -0.2) is 32.4 Å². The van der Waals surface area contributed by atoms with E-state index in [4.69, 9.17) is 21.1 Å². The maximum atomic E-state index is 5.96. The average molecular weight is 270 g/mol. The van der Waals surface area contributed by atoms with Crippen molar-refractivity contribution in [1.29, 1.82) is 0 Å². The van der Waals surface area contributed by atoms with Gasteiger partial charge < -0.3 is 14.8 Å². The summed E-state index contributed by atoms with van der Waals surface area (Å²) in [7, 11) is 1.95. The molecule has 100 valence electrons. The lowest BCUT2D eigenvalue weighted by atomic mass is 10.2.